The van der Waals surface area contributed by atoms with E-state index in [4.69, 9.17) is 0 Å². The van der Waals surface area contributed by atoms with Crippen molar-refractivity contribution < 1.29 is 0 Å². The summed E-state index contributed by atoms with van der Waals surface area (Å²) in [6.07, 6.45) is 0. The smallest absolute Gasteiger partial charge is 0.00201 e. The van der Waals surface area contributed by atoms with Crippen molar-refractivity contribution in [1.29, 1.82) is 0 Å². The average Bonchev–Trinajstić information content (AvgIpc) is 2.60. The molecule has 1 radical (unpaired) electrons. The van der Waals surface area contributed by atoms with Crippen LogP contribution in [-0.2, 0) is 0 Å². The molecule has 5 aromatic carbocycles. The lowest BCUT2D eigenvalue weighted by molar-refractivity contribution is 1.67. The maximum Gasteiger partial charge on any atom is -0.00201 e. The molecule has 0 atom stereocenters. The van der Waals surface area contributed by atoms with Gasteiger partial charge in [0.05, 0.1) is 0 Å². The number of rotatable bonds is 1. The zero-order chi connectivity index (χ0) is 14.5. The SMILES string of the molecule is [c]1cc2ccc3cccc4cc(-c5ccccc5)c(c1)c2c34. The van der Waals surface area contributed by atoms with Gasteiger partial charge in [-0.1, -0.05) is 60.7 Å². The average molecular weight is 277 g/mol. The van der Waals surface area contributed by atoms with Gasteiger partial charge in [0.1, 0.15) is 0 Å². The van der Waals surface area contributed by atoms with E-state index in [1.165, 1.54) is 43.4 Å². The topological polar surface area (TPSA) is 0 Å². The highest BCUT2D eigenvalue weighted by molar-refractivity contribution is 6.26. The Labute approximate surface area is 129 Å². The highest BCUT2D eigenvalue weighted by Crippen LogP contribution is 2.39. The van der Waals surface area contributed by atoms with Gasteiger partial charge in [-0.2, -0.15) is 0 Å². The molecule has 22 heavy (non-hydrogen) atoms. The van der Waals surface area contributed by atoms with Crippen molar-refractivity contribution in [2.24, 2.45) is 0 Å². The minimum atomic E-state index is 1.26. The summed E-state index contributed by atoms with van der Waals surface area (Å²) in [5.74, 6) is 0. The van der Waals surface area contributed by atoms with Gasteiger partial charge in [0.2, 0.25) is 0 Å². The van der Waals surface area contributed by atoms with E-state index in [2.05, 4.69) is 84.9 Å². The molecule has 0 aliphatic carbocycles. The van der Waals surface area contributed by atoms with Gasteiger partial charge in [0.15, 0.2) is 0 Å². The molecule has 0 unspecified atom stereocenters. The fourth-order valence-corrected chi connectivity index (χ4v) is 3.54. The number of hydrogen-bond acceptors (Lipinski definition) is 0. The van der Waals surface area contributed by atoms with Gasteiger partial charge < -0.3 is 0 Å². The fourth-order valence-electron chi connectivity index (χ4n) is 3.54. The first kappa shape index (κ1) is 11.8. The lowest BCUT2D eigenvalue weighted by Gasteiger charge is -2.14. The predicted molar refractivity (Wildman–Crippen MR) is 94.4 cm³/mol. The van der Waals surface area contributed by atoms with E-state index in [-0.39, 0.29) is 0 Å². The molecule has 0 aliphatic heterocycles. The van der Waals surface area contributed by atoms with Gasteiger partial charge in [-0.05, 0) is 67.7 Å². The normalized spacial score (nSPS) is 11.6. The van der Waals surface area contributed by atoms with E-state index in [0.717, 1.165) is 0 Å². The van der Waals surface area contributed by atoms with Crippen LogP contribution in [0.25, 0.3) is 43.4 Å². The van der Waals surface area contributed by atoms with E-state index >= 15 is 0 Å². The molecule has 0 nitrogen and oxygen atoms in total. The molecule has 0 spiro atoms. The molecule has 0 saturated carbocycles. The first-order valence-electron chi connectivity index (χ1n) is 7.55. The Morgan fingerprint density at radius 1 is 0.591 bits per heavy atom. The summed E-state index contributed by atoms with van der Waals surface area (Å²) >= 11 is 0. The maximum atomic E-state index is 3.31. The van der Waals surface area contributed by atoms with Crippen molar-refractivity contribution in [2.45, 2.75) is 0 Å². The summed E-state index contributed by atoms with van der Waals surface area (Å²) in [5.41, 5.74) is 2.54. The third kappa shape index (κ3) is 1.52. The molecule has 0 fully saturated rings. The van der Waals surface area contributed by atoms with E-state index < -0.39 is 0 Å². The second-order valence-corrected chi connectivity index (χ2v) is 5.77. The minimum Gasteiger partial charge on any atom is -0.0622 e. The zero-order valence-electron chi connectivity index (χ0n) is 12.0. The molecule has 0 heterocycles. The van der Waals surface area contributed by atoms with Gasteiger partial charge >= 0.3 is 0 Å². The number of benzene rings is 5. The quantitative estimate of drug-likeness (QED) is 0.327. The summed E-state index contributed by atoms with van der Waals surface area (Å²) in [6.45, 7) is 0. The highest BCUT2D eigenvalue weighted by Gasteiger charge is 2.12. The van der Waals surface area contributed by atoms with Crippen LogP contribution in [0.2, 0.25) is 0 Å². The van der Waals surface area contributed by atoms with Crippen LogP contribution in [0.1, 0.15) is 0 Å². The molecule has 101 valence electrons. The van der Waals surface area contributed by atoms with Crippen LogP contribution in [-0.4, -0.2) is 0 Å². The van der Waals surface area contributed by atoms with Gasteiger partial charge in [-0.15, -0.1) is 0 Å². The fraction of sp³-hybridized carbons (Fsp3) is 0. The van der Waals surface area contributed by atoms with Crippen molar-refractivity contribution in [2.75, 3.05) is 0 Å². The Kier molecular flexibility index (Phi) is 2.31. The van der Waals surface area contributed by atoms with E-state index in [1.807, 2.05) is 0 Å². The summed E-state index contributed by atoms with van der Waals surface area (Å²) in [5, 5.41) is 7.88. The van der Waals surface area contributed by atoms with Crippen molar-refractivity contribution in [1.82, 2.24) is 0 Å². The summed E-state index contributed by atoms with van der Waals surface area (Å²) in [4.78, 5) is 0. The minimum absolute atomic E-state index is 1.26. The molecule has 0 aromatic heterocycles. The molecule has 5 aromatic rings. The molecule has 0 heteroatoms. The van der Waals surface area contributed by atoms with Crippen LogP contribution in [0.5, 0.6) is 0 Å². The number of hydrogen-bond donors (Lipinski definition) is 0. The monoisotopic (exact) mass is 277 g/mol. The third-order valence-corrected chi connectivity index (χ3v) is 4.52. The molecular formula is C22H13. The second-order valence-electron chi connectivity index (χ2n) is 5.77. The largest absolute Gasteiger partial charge is 0.0622 e. The summed E-state index contributed by atoms with van der Waals surface area (Å²) in [6, 6.07) is 31.4. The lowest BCUT2D eigenvalue weighted by atomic mass is 9.89. The Bertz CT molecular complexity index is 1100. The standard InChI is InChI=1S/C22H13/c1-2-6-15(7-3-1)20-14-18-10-4-8-16-12-13-17-9-5-11-19(20)22(17)21(16)18/h1-4,6-14H. The van der Waals surface area contributed by atoms with E-state index in [0.29, 0.717) is 0 Å². The molecule has 0 bridgehead atoms. The molecule has 0 N–H and O–H groups in total. The lowest BCUT2D eigenvalue weighted by Crippen LogP contribution is -1.87. The molecule has 0 saturated heterocycles. The molecule has 0 aliphatic rings. The van der Waals surface area contributed by atoms with Crippen LogP contribution in [0.4, 0.5) is 0 Å². The van der Waals surface area contributed by atoms with Crippen molar-refractivity contribution >= 4 is 32.3 Å². The van der Waals surface area contributed by atoms with Crippen LogP contribution < -0.4 is 0 Å². The van der Waals surface area contributed by atoms with Gasteiger partial charge in [-0.3, -0.25) is 0 Å². The molecular weight excluding hydrogens is 264 g/mol. The van der Waals surface area contributed by atoms with Crippen LogP contribution in [0.3, 0.4) is 0 Å². The first-order valence-corrected chi connectivity index (χ1v) is 7.55. The van der Waals surface area contributed by atoms with Crippen LogP contribution in [0.15, 0.2) is 78.9 Å². The third-order valence-electron chi connectivity index (χ3n) is 4.52. The van der Waals surface area contributed by atoms with E-state index in [9.17, 15) is 0 Å². The predicted octanol–water partition coefficient (Wildman–Crippen LogP) is 6.05. The van der Waals surface area contributed by atoms with Gasteiger partial charge in [0, 0.05) is 0 Å². The Morgan fingerprint density at radius 2 is 1.41 bits per heavy atom. The van der Waals surface area contributed by atoms with Crippen LogP contribution in [0, 0.1) is 6.07 Å². The van der Waals surface area contributed by atoms with Crippen molar-refractivity contribution in [3.63, 3.8) is 0 Å². The zero-order valence-corrected chi connectivity index (χ0v) is 12.0. The summed E-state index contributed by atoms with van der Waals surface area (Å²) in [7, 11) is 0. The highest BCUT2D eigenvalue weighted by atomic mass is 14.1. The first-order chi connectivity index (χ1) is 10.9. The molecule has 5 rings (SSSR count). The maximum absolute atomic E-state index is 3.31. The molecule has 0 amide bonds. The van der Waals surface area contributed by atoms with E-state index in [1.54, 1.807) is 0 Å². The van der Waals surface area contributed by atoms with Crippen molar-refractivity contribution in [3.05, 3.63) is 84.9 Å². The Morgan fingerprint density at radius 3 is 2.32 bits per heavy atom. The van der Waals surface area contributed by atoms with Gasteiger partial charge in [-0.25, -0.2) is 0 Å². The van der Waals surface area contributed by atoms with Gasteiger partial charge in [0.25, 0.3) is 0 Å². The van der Waals surface area contributed by atoms with Crippen molar-refractivity contribution in [3.8, 4) is 11.1 Å². The Balaban J connectivity index is 2.07. The summed E-state index contributed by atoms with van der Waals surface area (Å²) < 4.78 is 0. The van der Waals surface area contributed by atoms with Crippen LogP contribution >= 0.6 is 0 Å². The Hall–Kier alpha value is -2.86. The second kappa shape index (κ2) is 4.32.